The lowest BCUT2D eigenvalue weighted by Crippen LogP contribution is -2.14. The molecule has 18 heavy (non-hydrogen) atoms. The van der Waals surface area contributed by atoms with E-state index in [-0.39, 0.29) is 12.3 Å². The highest BCUT2D eigenvalue weighted by Gasteiger charge is 2.10. The van der Waals surface area contributed by atoms with Crippen LogP contribution in [0.5, 0.6) is 5.75 Å². The van der Waals surface area contributed by atoms with E-state index in [9.17, 15) is 4.79 Å². The Bertz CT molecular complexity index is 432. The van der Waals surface area contributed by atoms with Gasteiger partial charge in [0.15, 0.2) is 0 Å². The van der Waals surface area contributed by atoms with Gasteiger partial charge < -0.3 is 15.2 Å². The van der Waals surface area contributed by atoms with Crippen molar-refractivity contribution < 1.29 is 14.6 Å². The number of anilines is 1. The van der Waals surface area contributed by atoms with Gasteiger partial charge in [0.1, 0.15) is 5.75 Å². The van der Waals surface area contributed by atoms with Gasteiger partial charge in [0, 0.05) is 17.5 Å². The van der Waals surface area contributed by atoms with E-state index in [0.29, 0.717) is 22.9 Å². The maximum atomic E-state index is 11.7. The standard InChI is InChI=1S/C13H18ClNO3/c1-8-6-11(12(18-3)7-10(8)14)15-13(17)5-4-9(2)16/h6-7,9,16H,4-5H2,1-3H3,(H,15,17). The van der Waals surface area contributed by atoms with Gasteiger partial charge in [0.05, 0.1) is 18.9 Å². The summed E-state index contributed by atoms with van der Waals surface area (Å²) in [6.07, 6.45) is 0.216. The Kier molecular flexibility index (Phi) is 5.44. The van der Waals surface area contributed by atoms with Crippen LogP contribution in [-0.4, -0.2) is 24.2 Å². The third-order valence-electron chi connectivity index (χ3n) is 2.54. The van der Waals surface area contributed by atoms with Crippen molar-refractivity contribution in [3.8, 4) is 5.75 Å². The molecule has 5 heteroatoms. The highest BCUT2D eigenvalue weighted by molar-refractivity contribution is 6.31. The van der Waals surface area contributed by atoms with Gasteiger partial charge in [-0.25, -0.2) is 0 Å². The number of hydrogen-bond donors (Lipinski definition) is 2. The molecule has 1 atom stereocenters. The third-order valence-corrected chi connectivity index (χ3v) is 2.95. The molecule has 2 N–H and O–H groups in total. The molecule has 0 radical (unpaired) electrons. The smallest absolute Gasteiger partial charge is 0.224 e. The highest BCUT2D eigenvalue weighted by Crippen LogP contribution is 2.31. The van der Waals surface area contributed by atoms with Crippen LogP contribution in [0.4, 0.5) is 5.69 Å². The molecule has 0 aliphatic rings. The molecule has 0 aliphatic carbocycles. The number of hydrogen-bond acceptors (Lipinski definition) is 3. The summed E-state index contributed by atoms with van der Waals surface area (Å²) in [5.41, 5.74) is 1.46. The minimum Gasteiger partial charge on any atom is -0.495 e. The fourth-order valence-electron chi connectivity index (χ4n) is 1.48. The number of aliphatic hydroxyl groups excluding tert-OH is 1. The molecule has 1 aromatic carbocycles. The van der Waals surface area contributed by atoms with Gasteiger partial charge in [0.25, 0.3) is 0 Å². The van der Waals surface area contributed by atoms with Crippen molar-refractivity contribution in [2.24, 2.45) is 0 Å². The lowest BCUT2D eigenvalue weighted by molar-refractivity contribution is -0.116. The van der Waals surface area contributed by atoms with E-state index in [1.165, 1.54) is 7.11 Å². The molecular formula is C13H18ClNO3. The van der Waals surface area contributed by atoms with Crippen LogP contribution in [0.2, 0.25) is 5.02 Å². The molecule has 0 aromatic heterocycles. The second-order valence-electron chi connectivity index (χ2n) is 4.24. The van der Waals surface area contributed by atoms with Crippen LogP contribution in [0.15, 0.2) is 12.1 Å². The van der Waals surface area contributed by atoms with E-state index < -0.39 is 6.10 Å². The van der Waals surface area contributed by atoms with Crippen LogP contribution in [0.3, 0.4) is 0 Å². The van der Waals surface area contributed by atoms with Crippen molar-refractivity contribution in [3.05, 3.63) is 22.7 Å². The van der Waals surface area contributed by atoms with Crippen LogP contribution >= 0.6 is 11.6 Å². The third kappa shape index (κ3) is 4.20. The summed E-state index contributed by atoms with van der Waals surface area (Å²) in [7, 11) is 1.52. The molecule has 0 saturated heterocycles. The van der Waals surface area contributed by atoms with Gasteiger partial charge in [-0.1, -0.05) is 11.6 Å². The summed E-state index contributed by atoms with van der Waals surface area (Å²) in [5, 5.41) is 12.5. The number of amides is 1. The number of ether oxygens (including phenoxy) is 1. The molecule has 1 aromatic rings. The molecule has 1 unspecified atom stereocenters. The van der Waals surface area contributed by atoms with Crippen molar-refractivity contribution in [1.82, 2.24) is 0 Å². The van der Waals surface area contributed by atoms with Crippen molar-refractivity contribution in [3.63, 3.8) is 0 Å². The molecule has 0 aliphatic heterocycles. The SMILES string of the molecule is COc1cc(Cl)c(C)cc1NC(=O)CCC(C)O. The zero-order valence-corrected chi connectivity index (χ0v) is 11.5. The largest absolute Gasteiger partial charge is 0.495 e. The molecule has 4 nitrogen and oxygen atoms in total. The van der Waals surface area contributed by atoms with E-state index in [4.69, 9.17) is 21.4 Å². The summed E-state index contributed by atoms with van der Waals surface area (Å²) < 4.78 is 5.16. The minimum absolute atomic E-state index is 0.157. The molecular weight excluding hydrogens is 254 g/mol. The lowest BCUT2D eigenvalue weighted by atomic mass is 10.2. The molecule has 0 saturated carbocycles. The fourth-order valence-corrected chi connectivity index (χ4v) is 1.64. The molecule has 1 rings (SSSR count). The Labute approximate surface area is 112 Å². The van der Waals surface area contributed by atoms with Crippen molar-refractivity contribution in [2.75, 3.05) is 12.4 Å². The summed E-state index contributed by atoms with van der Waals surface area (Å²) in [4.78, 5) is 11.7. The Morgan fingerprint density at radius 3 is 2.78 bits per heavy atom. The normalized spacial score (nSPS) is 12.1. The van der Waals surface area contributed by atoms with Gasteiger partial charge in [-0.2, -0.15) is 0 Å². The second kappa shape index (κ2) is 6.61. The highest BCUT2D eigenvalue weighted by atomic mass is 35.5. The van der Waals surface area contributed by atoms with E-state index >= 15 is 0 Å². The topological polar surface area (TPSA) is 58.6 Å². The monoisotopic (exact) mass is 271 g/mol. The van der Waals surface area contributed by atoms with Gasteiger partial charge in [0.2, 0.25) is 5.91 Å². The van der Waals surface area contributed by atoms with Crippen LogP contribution in [0, 0.1) is 6.92 Å². The zero-order chi connectivity index (χ0) is 13.7. The average molecular weight is 272 g/mol. The molecule has 0 bridgehead atoms. The van der Waals surface area contributed by atoms with Crippen LogP contribution in [0.25, 0.3) is 0 Å². The first-order valence-corrected chi connectivity index (χ1v) is 6.14. The quantitative estimate of drug-likeness (QED) is 0.866. The van der Waals surface area contributed by atoms with Crippen LogP contribution < -0.4 is 10.1 Å². The Morgan fingerprint density at radius 2 is 2.22 bits per heavy atom. The Morgan fingerprint density at radius 1 is 1.56 bits per heavy atom. The van der Waals surface area contributed by atoms with Gasteiger partial charge in [-0.05, 0) is 31.9 Å². The lowest BCUT2D eigenvalue weighted by Gasteiger charge is -2.12. The predicted molar refractivity (Wildman–Crippen MR) is 72.3 cm³/mol. The summed E-state index contributed by atoms with van der Waals surface area (Å²) >= 11 is 5.98. The Balaban J connectivity index is 2.77. The van der Waals surface area contributed by atoms with Crippen LogP contribution in [-0.2, 0) is 4.79 Å². The Hall–Kier alpha value is -1.26. The number of carbonyl (C=O) groups excluding carboxylic acids is 1. The van der Waals surface area contributed by atoms with Gasteiger partial charge in [-0.3, -0.25) is 4.79 Å². The number of benzene rings is 1. The second-order valence-corrected chi connectivity index (χ2v) is 4.64. The first kappa shape index (κ1) is 14.8. The molecule has 1 amide bonds. The summed E-state index contributed by atoms with van der Waals surface area (Å²) in [6, 6.07) is 3.43. The number of halogens is 1. The molecule has 100 valence electrons. The first-order chi connectivity index (χ1) is 8.43. The summed E-state index contributed by atoms with van der Waals surface area (Å²) in [6.45, 7) is 3.51. The number of rotatable bonds is 5. The van der Waals surface area contributed by atoms with Crippen molar-refractivity contribution in [2.45, 2.75) is 32.8 Å². The molecule has 0 fully saturated rings. The predicted octanol–water partition coefficient (Wildman–Crippen LogP) is 2.76. The maximum absolute atomic E-state index is 11.7. The van der Waals surface area contributed by atoms with Gasteiger partial charge >= 0.3 is 0 Å². The molecule has 0 spiro atoms. The number of carbonyl (C=O) groups is 1. The number of nitrogens with one attached hydrogen (secondary N) is 1. The van der Waals surface area contributed by atoms with E-state index in [1.807, 2.05) is 6.92 Å². The number of aryl methyl sites for hydroxylation is 1. The minimum atomic E-state index is -0.482. The first-order valence-electron chi connectivity index (χ1n) is 5.76. The van der Waals surface area contributed by atoms with E-state index in [2.05, 4.69) is 5.32 Å². The zero-order valence-electron chi connectivity index (χ0n) is 10.8. The number of methoxy groups -OCH3 is 1. The van der Waals surface area contributed by atoms with Crippen LogP contribution in [0.1, 0.15) is 25.3 Å². The van der Waals surface area contributed by atoms with Crippen molar-refractivity contribution in [1.29, 1.82) is 0 Å². The van der Waals surface area contributed by atoms with E-state index in [1.54, 1.807) is 19.1 Å². The summed E-state index contributed by atoms with van der Waals surface area (Å²) in [5.74, 6) is 0.368. The number of aliphatic hydroxyl groups is 1. The van der Waals surface area contributed by atoms with E-state index in [0.717, 1.165) is 5.56 Å². The van der Waals surface area contributed by atoms with Gasteiger partial charge in [-0.15, -0.1) is 0 Å². The fraction of sp³-hybridized carbons (Fsp3) is 0.462. The average Bonchev–Trinajstić information content (AvgIpc) is 2.31. The van der Waals surface area contributed by atoms with Crippen molar-refractivity contribution >= 4 is 23.2 Å². The molecule has 0 heterocycles. The maximum Gasteiger partial charge on any atom is 0.224 e.